The first kappa shape index (κ1) is 20.1. The molecule has 1 aromatic heterocycles. The molecule has 1 unspecified atom stereocenters. The molecule has 1 heterocycles. The fourth-order valence-corrected chi connectivity index (χ4v) is 3.19. The molecule has 0 aliphatic rings. The Labute approximate surface area is 157 Å². The van der Waals surface area contributed by atoms with Crippen molar-refractivity contribution in [3.8, 4) is 0 Å². The van der Waals surface area contributed by atoms with Crippen molar-refractivity contribution >= 4 is 10.8 Å². The summed E-state index contributed by atoms with van der Waals surface area (Å²) < 4.78 is 0. The monoisotopic (exact) mass is 349 g/mol. The van der Waals surface area contributed by atoms with Gasteiger partial charge in [0.15, 0.2) is 0 Å². The molecule has 0 aliphatic heterocycles. The van der Waals surface area contributed by atoms with E-state index in [9.17, 15) is 0 Å². The predicted octanol–water partition coefficient (Wildman–Crippen LogP) is 4.70. The number of hydrogen-bond acceptors (Lipinski definition) is 3. The highest BCUT2D eigenvalue weighted by atomic mass is 14.9. The van der Waals surface area contributed by atoms with Crippen LogP contribution in [0.2, 0.25) is 0 Å². The lowest BCUT2D eigenvalue weighted by molar-refractivity contribution is 0.447. The van der Waals surface area contributed by atoms with Gasteiger partial charge in [0, 0.05) is 36.4 Å². The molecule has 3 N–H and O–H groups in total. The Morgan fingerprint density at radius 3 is 2.62 bits per heavy atom. The van der Waals surface area contributed by atoms with Crippen LogP contribution in [0, 0.1) is 0 Å². The van der Waals surface area contributed by atoms with Gasteiger partial charge in [0.1, 0.15) is 0 Å². The molecule has 0 fully saturated rings. The molecule has 2 aromatic carbocycles. The number of rotatable bonds is 8. The average Bonchev–Trinajstić information content (AvgIpc) is 2.65. The van der Waals surface area contributed by atoms with Crippen LogP contribution in [0.25, 0.3) is 10.8 Å². The van der Waals surface area contributed by atoms with Crippen LogP contribution in [0.1, 0.15) is 38.3 Å². The fraction of sp³-hybridized carbons (Fsp3) is 0.348. The van der Waals surface area contributed by atoms with E-state index in [-0.39, 0.29) is 13.5 Å². The summed E-state index contributed by atoms with van der Waals surface area (Å²) in [5, 5.41) is 6.02. The smallest absolute Gasteiger partial charge is 0.0346 e. The standard InChI is InChI=1S/C22H27N3.CH4/c1-17(13-22(23)10-8-18-5-3-2-4-6-18)25-15-19-7-9-21-16-24-12-11-20(21)14-19;/h2-7,9,11-12,14,16-17,22,25H,8,10,13,15,23H2,1H3;1H4/t17-,22?;/m1./s1. The van der Waals surface area contributed by atoms with Gasteiger partial charge in [-0.15, -0.1) is 0 Å². The van der Waals surface area contributed by atoms with Gasteiger partial charge in [0.05, 0.1) is 0 Å². The van der Waals surface area contributed by atoms with Crippen molar-refractivity contribution in [2.45, 2.75) is 52.2 Å². The number of pyridine rings is 1. The Balaban J connectivity index is 0.00000243. The molecule has 0 radical (unpaired) electrons. The van der Waals surface area contributed by atoms with E-state index in [1.54, 1.807) is 0 Å². The van der Waals surface area contributed by atoms with Crippen molar-refractivity contribution in [3.05, 3.63) is 78.1 Å². The molecule has 0 amide bonds. The first-order valence-electron chi connectivity index (χ1n) is 9.06. The molecule has 138 valence electrons. The van der Waals surface area contributed by atoms with E-state index in [1.807, 2.05) is 12.4 Å². The lowest BCUT2D eigenvalue weighted by atomic mass is 10.0. The van der Waals surface area contributed by atoms with Crippen LogP contribution in [0.15, 0.2) is 67.0 Å². The van der Waals surface area contributed by atoms with Gasteiger partial charge in [-0.3, -0.25) is 4.98 Å². The first-order valence-corrected chi connectivity index (χ1v) is 9.06. The van der Waals surface area contributed by atoms with Crippen LogP contribution >= 0.6 is 0 Å². The van der Waals surface area contributed by atoms with Gasteiger partial charge < -0.3 is 11.1 Å². The van der Waals surface area contributed by atoms with Gasteiger partial charge in [0.2, 0.25) is 0 Å². The fourth-order valence-electron chi connectivity index (χ4n) is 3.19. The van der Waals surface area contributed by atoms with E-state index < -0.39 is 0 Å². The average molecular weight is 350 g/mol. The third-order valence-electron chi connectivity index (χ3n) is 4.66. The quantitative estimate of drug-likeness (QED) is 0.620. The second kappa shape index (κ2) is 10.0. The molecule has 3 rings (SSSR count). The molecule has 0 aliphatic carbocycles. The van der Waals surface area contributed by atoms with Crippen molar-refractivity contribution < 1.29 is 0 Å². The lowest BCUT2D eigenvalue weighted by Gasteiger charge is -2.19. The minimum atomic E-state index is 0. The zero-order valence-electron chi connectivity index (χ0n) is 14.9. The van der Waals surface area contributed by atoms with E-state index >= 15 is 0 Å². The number of aromatic nitrogens is 1. The molecular formula is C23H31N3. The van der Waals surface area contributed by atoms with Crippen molar-refractivity contribution in [1.29, 1.82) is 0 Å². The number of aryl methyl sites for hydroxylation is 1. The Kier molecular flexibility index (Phi) is 7.76. The van der Waals surface area contributed by atoms with Crippen LogP contribution in [0.5, 0.6) is 0 Å². The summed E-state index contributed by atoms with van der Waals surface area (Å²) in [6.45, 7) is 3.08. The Morgan fingerprint density at radius 2 is 1.81 bits per heavy atom. The zero-order chi connectivity index (χ0) is 17.5. The van der Waals surface area contributed by atoms with Gasteiger partial charge >= 0.3 is 0 Å². The Morgan fingerprint density at radius 1 is 1.00 bits per heavy atom. The normalized spacial score (nSPS) is 13.2. The Bertz CT molecular complexity index is 786. The third kappa shape index (κ3) is 5.94. The van der Waals surface area contributed by atoms with Crippen LogP contribution in [0.4, 0.5) is 0 Å². The SMILES string of the molecule is C.C[C@H](CC(N)CCc1ccccc1)NCc1ccc2cnccc2c1. The number of nitrogens with two attached hydrogens (primary N) is 1. The molecule has 26 heavy (non-hydrogen) atoms. The summed E-state index contributed by atoms with van der Waals surface area (Å²) >= 11 is 0. The van der Waals surface area contributed by atoms with E-state index in [1.165, 1.54) is 21.9 Å². The summed E-state index contributed by atoms with van der Waals surface area (Å²) in [5.74, 6) is 0. The largest absolute Gasteiger partial charge is 0.328 e. The summed E-state index contributed by atoms with van der Waals surface area (Å²) in [6, 6.07) is 19.8. The maximum Gasteiger partial charge on any atom is 0.0346 e. The molecule has 0 saturated carbocycles. The number of benzene rings is 2. The molecule has 0 spiro atoms. The minimum Gasteiger partial charge on any atom is -0.328 e. The van der Waals surface area contributed by atoms with Crippen molar-refractivity contribution in [3.63, 3.8) is 0 Å². The van der Waals surface area contributed by atoms with Gasteiger partial charge in [-0.05, 0) is 54.8 Å². The number of nitrogens with zero attached hydrogens (tertiary/aromatic N) is 1. The highest BCUT2D eigenvalue weighted by molar-refractivity contribution is 5.81. The zero-order valence-corrected chi connectivity index (χ0v) is 14.9. The lowest BCUT2D eigenvalue weighted by Crippen LogP contribution is -2.33. The predicted molar refractivity (Wildman–Crippen MR) is 112 cm³/mol. The summed E-state index contributed by atoms with van der Waals surface area (Å²) in [7, 11) is 0. The molecular weight excluding hydrogens is 318 g/mol. The van der Waals surface area contributed by atoms with Gasteiger partial charge in [-0.1, -0.05) is 49.9 Å². The van der Waals surface area contributed by atoms with Gasteiger partial charge in [0.25, 0.3) is 0 Å². The second-order valence-corrected chi connectivity index (χ2v) is 6.86. The molecule has 2 atom stereocenters. The molecule has 3 heteroatoms. The Hall–Kier alpha value is -2.23. The molecule has 0 saturated heterocycles. The van der Waals surface area contributed by atoms with Gasteiger partial charge in [-0.25, -0.2) is 0 Å². The highest BCUT2D eigenvalue weighted by Gasteiger charge is 2.09. The van der Waals surface area contributed by atoms with Gasteiger partial charge in [-0.2, -0.15) is 0 Å². The third-order valence-corrected chi connectivity index (χ3v) is 4.66. The van der Waals surface area contributed by atoms with Crippen LogP contribution in [-0.2, 0) is 13.0 Å². The number of fused-ring (bicyclic) bond motifs is 1. The first-order chi connectivity index (χ1) is 12.2. The van der Waals surface area contributed by atoms with Crippen LogP contribution in [-0.4, -0.2) is 17.1 Å². The maximum atomic E-state index is 6.32. The van der Waals surface area contributed by atoms with Crippen molar-refractivity contribution in [1.82, 2.24) is 10.3 Å². The van der Waals surface area contributed by atoms with Crippen LogP contribution in [0.3, 0.4) is 0 Å². The van der Waals surface area contributed by atoms with E-state index in [0.717, 1.165) is 25.8 Å². The maximum absolute atomic E-state index is 6.32. The number of nitrogens with one attached hydrogen (secondary N) is 1. The molecule has 3 aromatic rings. The topological polar surface area (TPSA) is 50.9 Å². The minimum absolute atomic E-state index is 0. The van der Waals surface area contributed by atoms with Crippen molar-refractivity contribution in [2.24, 2.45) is 5.73 Å². The van der Waals surface area contributed by atoms with Crippen LogP contribution < -0.4 is 11.1 Å². The second-order valence-electron chi connectivity index (χ2n) is 6.86. The highest BCUT2D eigenvalue weighted by Crippen LogP contribution is 2.15. The summed E-state index contributed by atoms with van der Waals surface area (Å²) in [4.78, 5) is 4.16. The van der Waals surface area contributed by atoms with E-state index in [4.69, 9.17) is 5.73 Å². The van der Waals surface area contributed by atoms with E-state index in [2.05, 4.69) is 71.8 Å². The molecule has 3 nitrogen and oxygen atoms in total. The van der Waals surface area contributed by atoms with E-state index in [0.29, 0.717) is 6.04 Å². The molecule has 0 bridgehead atoms. The summed E-state index contributed by atoms with van der Waals surface area (Å²) in [5.41, 5.74) is 8.98. The number of hydrogen-bond donors (Lipinski definition) is 2. The summed E-state index contributed by atoms with van der Waals surface area (Å²) in [6.07, 6.45) is 6.81. The van der Waals surface area contributed by atoms with Crippen molar-refractivity contribution in [2.75, 3.05) is 0 Å².